The minimum Gasteiger partial charge on any atom is -0.477 e. The smallest absolute Gasteiger partial charge is 0.352 e. The zero-order valence-corrected chi connectivity index (χ0v) is 19.2. The number of carbonyl (C=O) groups excluding carboxylic acids is 2. The lowest BCUT2D eigenvalue weighted by Gasteiger charge is -2.44. The molecule has 2 N–H and O–H groups in total. The SMILES string of the molecule is C[C@@H](O)[C@H]1C(=O)N2C(C(=O)O)=C(c3ccc4c(c3)-c3ccc(C[n+]5cnn(C)c5)cc3C4=O)C[C@H]12. The first-order chi connectivity index (χ1) is 16.7. The first kappa shape index (κ1) is 21.4. The summed E-state index contributed by atoms with van der Waals surface area (Å²) in [5, 5.41) is 24.0. The first-order valence-electron chi connectivity index (χ1n) is 11.4. The molecule has 0 radical (unpaired) electrons. The molecule has 1 saturated heterocycles. The van der Waals surface area contributed by atoms with Crippen LogP contribution in [0.4, 0.5) is 0 Å². The molecule has 9 nitrogen and oxygen atoms in total. The average molecular weight is 471 g/mol. The Kier molecular flexibility index (Phi) is 4.56. The summed E-state index contributed by atoms with van der Waals surface area (Å²) in [4.78, 5) is 39.1. The molecule has 0 saturated carbocycles. The van der Waals surface area contributed by atoms with Crippen molar-refractivity contribution in [2.24, 2.45) is 13.0 Å². The molecule has 1 aromatic heterocycles. The number of amides is 1. The molecule has 9 heteroatoms. The number of nitrogens with zero attached hydrogens (tertiary/aromatic N) is 4. The minimum atomic E-state index is -1.17. The number of carboxylic acids is 1. The molecule has 176 valence electrons. The summed E-state index contributed by atoms with van der Waals surface area (Å²) in [7, 11) is 1.84. The van der Waals surface area contributed by atoms with Gasteiger partial charge < -0.3 is 15.1 Å². The Balaban J connectivity index is 1.38. The van der Waals surface area contributed by atoms with Crippen LogP contribution in [0.3, 0.4) is 0 Å². The van der Waals surface area contributed by atoms with Crippen molar-refractivity contribution < 1.29 is 29.2 Å². The highest BCUT2D eigenvalue weighted by atomic mass is 16.4. The number of aryl methyl sites for hydroxylation is 1. The number of rotatable bonds is 5. The van der Waals surface area contributed by atoms with Crippen molar-refractivity contribution in [3.63, 3.8) is 0 Å². The fraction of sp³-hybridized carbons (Fsp3) is 0.269. The van der Waals surface area contributed by atoms with E-state index in [-0.39, 0.29) is 23.4 Å². The van der Waals surface area contributed by atoms with Gasteiger partial charge in [0.15, 0.2) is 5.78 Å². The maximum atomic E-state index is 13.2. The van der Waals surface area contributed by atoms with E-state index in [0.717, 1.165) is 16.7 Å². The van der Waals surface area contributed by atoms with Gasteiger partial charge in [0, 0.05) is 16.2 Å². The number of benzene rings is 2. The van der Waals surface area contributed by atoms with Crippen molar-refractivity contribution in [3.8, 4) is 11.1 Å². The topological polar surface area (TPSA) is 117 Å². The molecule has 1 amide bonds. The lowest BCUT2D eigenvalue weighted by molar-refractivity contribution is -0.689. The Labute approximate surface area is 200 Å². The quantitative estimate of drug-likeness (QED) is 0.336. The number of carboxylic acid groups (broad SMARTS) is 1. The van der Waals surface area contributed by atoms with Gasteiger partial charge in [-0.2, -0.15) is 0 Å². The van der Waals surface area contributed by atoms with Crippen LogP contribution in [0.5, 0.6) is 0 Å². The second kappa shape index (κ2) is 7.44. The van der Waals surface area contributed by atoms with Crippen LogP contribution in [0.15, 0.2) is 54.7 Å². The standard InChI is InChI=1S/C26H22N4O5/c1-13(31)22-21-9-18(23(26(34)35)30(21)25(22)33)15-4-6-17-19(8-15)16-5-3-14(7-20(16)24(17)32)10-29-11-27-28(2)12-29/h3-8,11-13,21-22,31H,9-10H2,1-2H3/p+1/t13-,21-,22-/m1/s1. The van der Waals surface area contributed by atoms with E-state index in [2.05, 4.69) is 5.10 Å². The third kappa shape index (κ3) is 3.08. The normalized spacial score (nSPS) is 21.1. The maximum absolute atomic E-state index is 13.2. The van der Waals surface area contributed by atoms with E-state index in [1.165, 1.54) is 4.90 Å². The zero-order valence-electron chi connectivity index (χ0n) is 19.2. The van der Waals surface area contributed by atoms with Crippen LogP contribution in [-0.4, -0.2) is 54.7 Å². The van der Waals surface area contributed by atoms with Gasteiger partial charge in [-0.15, -0.1) is 4.68 Å². The minimum absolute atomic E-state index is 0.0368. The molecule has 2 aromatic carbocycles. The Hall–Kier alpha value is -4.11. The van der Waals surface area contributed by atoms with Gasteiger partial charge in [-0.1, -0.05) is 18.2 Å². The molecule has 3 aliphatic rings. The van der Waals surface area contributed by atoms with E-state index in [4.69, 9.17) is 0 Å². The fourth-order valence-electron chi connectivity index (χ4n) is 5.65. The number of aliphatic hydroxyl groups excluding tert-OH is 1. The number of carbonyl (C=O) groups is 3. The van der Waals surface area contributed by atoms with Crippen molar-refractivity contribution in [1.82, 2.24) is 14.7 Å². The summed E-state index contributed by atoms with van der Waals surface area (Å²) < 4.78 is 3.64. The predicted molar refractivity (Wildman–Crippen MR) is 123 cm³/mol. The number of aromatic nitrogens is 3. The molecule has 1 aliphatic carbocycles. The van der Waals surface area contributed by atoms with E-state index in [1.54, 1.807) is 30.1 Å². The largest absolute Gasteiger partial charge is 0.477 e. The van der Waals surface area contributed by atoms with Crippen molar-refractivity contribution in [2.75, 3.05) is 0 Å². The number of aliphatic carboxylic acids is 1. The summed E-state index contributed by atoms with van der Waals surface area (Å²) in [6.07, 6.45) is 3.09. The fourth-order valence-corrected chi connectivity index (χ4v) is 5.65. The summed E-state index contributed by atoms with van der Waals surface area (Å²) >= 11 is 0. The van der Waals surface area contributed by atoms with E-state index in [9.17, 15) is 24.6 Å². The number of β-lactam (4-membered cyclic amide) rings is 1. The van der Waals surface area contributed by atoms with Crippen molar-refractivity contribution in [1.29, 1.82) is 0 Å². The molecule has 35 heavy (non-hydrogen) atoms. The van der Waals surface area contributed by atoms with E-state index in [0.29, 0.717) is 35.2 Å². The van der Waals surface area contributed by atoms with Crippen molar-refractivity contribution in [3.05, 3.63) is 77.0 Å². The summed E-state index contributed by atoms with van der Waals surface area (Å²) in [5.41, 5.74) is 4.91. The molecule has 2 aliphatic heterocycles. The van der Waals surface area contributed by atoms with Crippen LogP contribution in [0.1, 0.15) is 40.4 Å². The predicted octanol–water partition coefficient (Wildman–Crippen LogP) is 1.37. The van der Waals surface area contributed by atoms with Gasteiger partial charge in [-0.3, -0.25) is 9.59 Å². The van der Waals surface area contributed by atoms with Gasteiger partial charge in [0.05, 0.1) is 31.7 Å². The van der Waals surface area contributed by atoms with Gasteiger partial charge in [-0.25, -0.2) is 9.36 Å². The molecule has 6 rings (SSSR count). The number of hydrogen-bond acceptors (Lipinski definition) is 5. The van der Waals surface area contributed by atoms with E-state index < -0.39 is 18.0 Å². The van der Waals surface area contributed by atoms with E-state index in [1.807, 2.05) is 42.2 Å². The molecule has 3 heterocycles. The van der Waals surface area contributed by atoms with Gasteiger partial charge in [0.25, 0.3) is 6.33 Å². The Morgan fingerprint density at radius 1 is 1.14 bits per heavy atom. The maximum Gasteiger partial charge on any atom is 0.352 e. The summed E-state index contributed by atoms with van der Waals surface area (Å²) in [5.74, 6) is -2.20. The molecule has 3 atom stereocenters. The van der Waals surface area contributed by atoms with Crippen LogP contribution in [0.2, 0.25) is 0 Å². The Bertz CT molecular complexity index is 1480. The van der Waals surface area contributed by atoms with E-state index >= 15 is 0 Å². The zero-order chi connectivity index (χ0) is 24.6. The van der Waals surface area contributed by atoms with Crippen LogP contribution < -0.4 is 4.57 Å². The van der Waals surface area contributed by atoms with Crippen LogP contribution in [-0.2, 0) is 23.2 Å². The molecular formula is C26H23N4O5+. The van der Waals surface area contributed by atoms with Crippen LogP contribution >= 0.6 is 0 Å². The molecule has 1 fully saturated rings. The van der Waals surface area contributed by atoms with Gasteiger partial charge in [-0.05, 0) is 59.4 Å². The highest BCUT2D eigenvalue weighted by Crippen LogP contribution is 2.48. The third-order valence-electron chi connectivity index (χ3n) is 7.23. The molecule has 0 bridgehead atoms. The van der Waals surface area contributed by atoms with Gasteiger partial charge in [0.2, 0.25) is 12.2 Å². The Morgan fingerprint density at radius 3 is 2.60 bits per heavy atom. The van der Waals surface area contributed by atoms with Crippen molar-refractivity contribution >= 4 is 23.2 Å². The number of fused-ring (bicyclic) bond motifs is 4. The average Bonchev–Trinajstić information content (AvgIpc) is 3.46. The summed E-state index contributed by atoms with van der Waals surface area (Å²) in [6, 6.07) is 10.8. The molecular weight excluding hydrogens is 448 g/mol. The summed E-state index contributed by atoms with van der Waals surface area (Å²) in [6.45, 7) is 2.14. The highest BCUT2D eigenvalue weighted by molar-refractivity contribution is 6.22. The second-order valence-electron chi connectivity index (χ2n) is 9.44. The van der Waals surface area contributed by atoms with Gasteiger partial charge in [0.1, 0.15) is 5.70 Å². The van der Waals surface area contributed by atoms with Crippen LogP contribution in [0.25, 0.3) is 16.7 Å². The number of hydrogen-bond donors (Lipinski definition) is 2. The molecule has 0 spiro atoms. The lowest BCUT2D eigenvalue weighted by Crippen LogP contribution is -2.61. The van der Waals surface area contributed by atoms with Gasteiger partial charge >= 0.3 is 5.97 Å². The molecule has 0 unspecified atom stereocenters. The lowest BCUT2D eigenvalue weighted by atomic mass is 9.82. The van der Waals surface area contributed by atoms with Crippen molar-refractivity contribution in [2.45, 2.75) is 32.0 Å². The number of ketones is 1. The third-order valence-corrected chi connectivity index (χ3v) is 7.23. The first-order valence-corrected chi connectivity index (χ1v) is 11.4. The number of aliphatic hydroxyl groups is 1. The molecule has 3 aromatic rings. The second-order valence-corrected chi connectivity index (χ2v) is 9.44. The monoisotopic (exact) mass is 471 g/mol. The Morgan fingerprint density at radius 2 is 1.91 bits per heavy atom. The highest BCUT2D eigenvalue weighted by Gasteiger charge is 2.56. The van der Waals surface area contributed by atoms with Crippen LogP contribution in [0, 0.1) is 5.92 Å².